The highest BCUT2D eigenvalue weighted by molar-refractivity contribution is 8.00. The second-order valence-corrected chi connectivity index (χ2v) is 7.08. The topological polar surface area (TPSA) is 56.1 Å². The van der Waals surface area contributed by atoms with Crippen LogP contribution in [0.25, 0.3) is 0 Å². The third-order valence-corrected chi connectivity index (χ3v) is 5.01. The van der Waals surface area contributed by atoms with Gasteiger partial charge < -0.3 is 14.6 Å². The highest BCUT2D eigenvalue weighted by Gasteiger charge is 2.18. The summed E-state index contributed by atoms with van der Waals surface area (Å²) in [5, 5.41) is 3.44. The van der Waals surface area contributed by atoms with Crippen molar-refractivity contribution in [2.75, 3.05) is 12.4 Å². The maximum Gasteiger partial charge on any atom is 0.237 e. The molecule has 0 saturated carbocycles. The van der Waals surface area contributed by atoms with E-state index in [9.17, 15) is 4.79 Å². The van der Waals surface area contributed by atoms with Crippen LogP contribution in [-0.4, -0.2) is 27.8 Å². The van der Waals surface area contributed by atoms with Crippen LogP contribution >= 0.6 is 11.8 Å². The Bertz CT molecular complexity index is 864. The van der Waals surface area contributed by atoms with Gasteiger partial charge in [-0.25, -0.2) is 4.98 Å². The van der Waals surface area contributed by atoms with Gasteiger partial charge in [0.05, 0.1) is 18.0 Å². The van der Waals surface area contributed by atoms with Gasteiger partial charge in [-0.2, -0.15) is 0 Å². The molecule has 134 valence electrons. The van der Waals surface area contributed by atoms with Crippen LogP contribution in [0.2, 0.25) is 0 Å². The Kier molecular flexibility index (Phi) is 5.96. The third-order valence-electron chi connectivity index (χ3n) is 3.89. The number of amides is 1. The van der Waals surface area contributed by atoms with E-state index >= 15 is 0 Å². The largest absolute Gasteiger partial charge is 0.495 e. The molecule has 2 aromatic carbocycles. The standard InChI is InChI=1S/C20H21N3O2S/c1-15(19(24)22-17-10-6-7-11-18(17)25-2)26-20-21-12-13-23(20)14-16-8-4-3-5-9-16/h3-13,15H,14H2,1-2H3,(H,22,24)/t15-/m1/s1. The number of methoxy groups -OCH3 is 1. The number of hydrogen-bond acceptors (Lipinski definition) is 4. The molecule has 26 heavy (non-hydrogen) atoms. The zero-order chi connectivity index (χ0) is 18.4. The molecule has 0 spiro atoms. The predicted molar refractivity (Wildman–Crippen MR) is 105 cm³/mol. The quantitative estimate of drug-likeness (QED) is 0.640. The summed E-state index contributed by atoms with van der Waals surface area (Å²) in [6.07, 6.45) is 3.69. The Morgan fingerprint density at radius 3 is 2.69 bits per heavy atom. The van der Waals surface area contributed by atoms with Crippen molar-refractivity contribution < 1.29 is 9.53 Å². The summed E-state index contributed by atoms with van der Waals surface area (Å²) in [7, 11) is 1.59. The molecule has 0 saturated heterocycles. The number of para-hydroxylation sites is 2. The number of aromatic nitrogens is 2. The fourth-order valence-corrected chi connectivity index (χ4v) is 3.37. The number of benzene rings is 2. The molecule has 0 aliphatic rings. The number of rotatable bonds is 7. The molecular weight excluding hydrogens is 346 g/mol. The van der Waals surface area contributed by atoms with E-state index in [1.54, 1.807) is 13.3 Å². The van der Waals surface area contributed by atoms with Crippen LogP contribution in [-0.2, 0) is 11.3 Å². The number of anilines is 1. The summed E-state index contributed by atoms with van der Waals surface area (Å²) in [6.45, 7) is 2.60. The van der Waals surface area contributed by atoms with Crippen molar-refractivity contribution in [1.29, 1.82) is 0 Å². The fraction of sp³-hybridized carbons (Fsp3) is 0.200. The van der Waals surface area contributed by atoms with Gasteiger partial charge in [-0.1, -0.05) is 54.2 Å². The minimum absolute atomic E-state index is 0.0891. The fourth-order valence-electron chi connectivity index (χ4n) is 2.51. The van der Waals surface area contributed by atoms with Crippen LogP contribution in [0.1, 0.15) is 12.5 Å². The summed E-state index contributed by atoms with van der Waals surface area (Å²) in [5.74, 6) is 0.553. The van der Waals surface area contributed by atoms with Crippen molar-refractivity contribution in [2.24, 2.45) is 0 Å². The first-order valence-corrected chi connectivity index (χ1v) is 9.21. The molecule has 1 aromatic heterocycles. The van der Waals surface area contributed by atoms with Crippen LogP contribution in [0.15, 0.2) is 72.1 Å². The van der Waals surface area contributed by atoms with Gasteiger partial charge in [0.25, 0.3) is 0 Å². The van der Waals surface area contributed by atoms with Crippen molar-refractivity contribution in [3.63, 3.8) is 0 Å². The average molecular weight is 367 g/mol. The second-order valence-electron chi connectivity index (χ2n) is 5.77. The van der Waals surface area contributed by atoms with Crippen LogP contribution in [0.4, 0.5) is 5.69 Å². The lowest BCUT2D eigenvalue weighted by Crippen LogP contribution is -2.23. The number of nitrogens with zero attached hydrogens (tertiary/aromatic N) is 2. The number of imidazole rings is 1. The van der Waals surface area contributed by atoms with Gasteiger partial charge >= 0.3 is 0 Å². The van der Waals surface area contributed by atoms with Crippen molar-refractivity contribution in [1.82, 2.24) is 9.55 Å². The number of carbonyl (C=O) groups excluding carboxylic acids is 1. The zero-order valence-corrected chi connectivity index (χ0v) is 15.6. The van der Waals surface area contributed by atoms with E-state index in [4.69, 9.17) is 4.74 Å². The number of carbonyl (C=O) groups is 1. The minimum atomic E-state index is -0.295. The van der Waals surface area contributed by atoms with Crippen LogP contribution in [0.5, 0.6) is 5.75 Å². The van der Waals surface area contributed by atoms with Crippen molar-refractivity contribution >= 4 is 23.4 Å². The molecule has 0 unspecified atom stereocenters. The summed E-state index contributed by atoms with van der Waals surface area (Å²) in [6, 6.07) is 17.6. The van der Waals surface area contributed by atoms with Gasteiger partial charge in [0.2, 0.25) is 5.91 Å². The van der Waals surface area contributed by atoms with Crippen molar-refractivity contribution in [3.8, 4) is 5.75 Å². The highest BCUT2D eigenvalue weighted by Crippen LogP contribution is 2.26. The summed E-state index contributed by atoms with van der Waals surface area (Å²) >= 11 is 1.44. The molecule has 1 amide bonds. The van der Waals surface area contributed by atoms with E-state index in [2.05, 4.69) is 22.4 Å². The molecular formula is C20H21N3O2S. The molecule has 5 nitrogen and oxygen atoms in total. The second kappa shape index (κ2) is 8.58. The van der Waals surface area contributed by atoms with E-state index in [1.165, 1.54) is 17.3 Å². The summed E-state index contributed by atoms with van der Waals surface area (Å²) in [4.78, 5) is 16.9. The number of thioether (sulfide) groups is 1. The Labute approximate surface area is 157 Å². The zero-order valence-electron chi connectivity index (χ0n) is 14.8. The molecule has 1 atom stereocenters. The van der Waals surface area contributed by atoms with Gasteiger partial charge in [0.1, 0.15) is 5.75 Å². The normalized spacial score (nSPS) is 11.8. The average Bonchev–Trinajstić information content (AvgIpc) is 3.09. The molecule has 1 heterocycles. The first-order chi connectivity index (χ1) is 12.7. The number of hydrogen-bond donors (Lipinski definition) is 1. The van der Waals surface area contributed by atoms with Gasteiger partial charge in [0.15, 0.2) is 5.16 Å². The van der Waals surface area contributed by atoms with Crippen LogP contribution in [0, 0.1) is 0 Å². The maximum absolute atomic E-state index is 12.6. The molecule has 0 aliphatic heterocycles. The van der Waals surface area contributed by atoms with Crippen molar-refractivity contribution in [3.05, 3.63) is 72.6 Å². The van der Waals surface area contributed by atoms with E-state index < -0.39 is 0 Å². The Hall–Kier alpha value is -2.73. The smallest absolute Gasteiger partial charge is 0.237 e. The van der Waals surface area contributed by atoms with E-state index in [-0.39, 0.29) is 11.2 Å². The Morgan fingerprint density at radius 1 is 1.19 bits per heavy atom. The Morgan fingerprint density at radius 2 is 1.92 bits per heavy atom. The monoisotopic (exact) mass is 367 g/mol. The first kappa shape index (κ1) is 18.1. The van der Waals surface area contributed by atoms with Crippen LogP contribution < -0.4 is 10.1 Å². The van der Waals surface area contributed by atoms with Crippen molar-refractivity contribution in [2.45, 2.75) is 23.9 Å². The predicted octanol–water partition coefficient (Wildman–Crippen LogP) is 4.06. The van der Waals surface area contributed by atoms with Gasteiger partial charge in [-0.3, -0.25) is 4.79 Å². The maximum atomic E-state index is 12.6. The lowest BCUT2D eigenvalue weighted by Gasteiger charge is -2.14. The molecule has 1 N–H and O–H groups in total. The minimum Gasteiger partial charge on any atom is -0.495 e. The Balaban J connectivity index is 1.65. The third kappa shape index (κ3) is 4.46. The number of ether oxygens (including phenoxy) is 1. The van der Waals surface area contributed by atoms with Gasteiger partial charge in [0, 0.05) is 18.9 Å². The molecule has 6 heteroatoms. The summed E-state index contributed by atoms with van der Waals surface area (Å²) in [5.41, 5.74) is 1.86. The van der Waals surface area contributed by atoms with E-state index in [1.807, 2.05) is 60.2 Å². The first-order valence-electron chi connectivity index (χ1n) is 8.33. The molecule has 0 aliphatic carbocycles. The molecule has 0 fully saturated rings. The number of nitrogens with one attached hydrogen (secondary N) is 1. The van der Waals surface area contributed by atoms with Gasteiger partial charge in [-0.15, -0.1) is 0 Å². The van der Waals surface area contributed by atoms with E-state index in [0.29, 0.717) is 11.4 Å². The lowest BCUT2D eigenvalue weighted by molar-refractivity contribution is -0.115. The highest BCUT2D eigenvalue weighted by atomic mass is 32.2. The molecule has 0 radical (unpaired) electrons. The van der Waals surface area contributed by atoms with Gasteiger partial charge in [-0.05, 0) is 24.6 Å². The SMILES string of the molecule is COc1ccccc1NC(=O)[C@@H](C)Sc1nccn1Cc1ccccc1. The molecule has 0 bridgehead atoms. The lowest BCUT2D eigenvalue weighted by atomic mass is 10.2. The molecule has 3 rings (SSSR count). The molecule has 3 aromatic rings. The summed E-state index contributed by atoms with van der Waals surface area (Å²) < 4.78 is 7.33. The van der Waals surface area contributed by atoms with E-state index in [0.717, 1.165) is 11.7 Å². The van der Waals surface area contributed by atoms with Crippen LogP contribution in [0.3, 0.4) is 0 Å².